The van der Waals surface area contributed by atoms with E-state index in [1.807, 2.05) is 18.2 Å². The van der Waals surface area contributed by atoms with E-state index in [1.165, 1.54) is 24.3 Å². The van der Waals surface area contributed by atoms with Crippen molar-refractivity contribution in [2.45, 2.75) is 4.90 Å². The minimum atomic E-state index is -3.78. The zero-order valence-electron chi connectivity index (χ0n) is 14.1. The second kappa shape index (κ2) is 8.24. The number of nitrogens with one attached hydrogen (secondary N) is 1. The standard InChI is InChI=1S/C20H16ClNO4S/c21-15-10-12-17(13-11-15)27(24,25)14-20(23)22-18-8-4-5-9-19(18)26-16-6-2-1-3-7-16/h1-13H,14H2,(H,22,23). The molecule has 0 unspecified atom stereocenters. The van der Waals surface area contributed by atoms with Crippen molar-refractivity contribution in [3.63, 3.8) is 0 Å². The van der Waals surface area contributed by atoms with Crippen LogP contribution in [0, 0.1) is 0 Å². The SMILES string of the molecule is O=C(CS(=O)(=O)c1ccc(Cl)cc1)Nc1ccccc1Oc1ccccc1. The van der Waals surface area contributed by atoms with Gasteiger partial charge in [0, 0.05) is 5.02 Å². The zero-order chi connectivity index (χ0) is 19.3. The number of carbonyl (C=O) groups excluding carboxylic acids is 1. The average molecular weight is 402 g/mol. The van der Waals surface area contributed by atoms with Crippen molar-refractivity contribution in [3.05, 3.63) is 83.9 Å². The maximum Gasteiger partial charge on any atom is 0.240 e. The molecule has 3 rings (SSSR count). The lowest BCUT2D eigenvalue weighted by Gasteiger charge is -2.12. The zero-order valence-corrected chi connectivity index (χ0v) is 15.7. The fourth-order valence-electron chi connectivity index (χ4n) is 2.36. The molecule has 0 aliphatic rings. The molecule has 1 N–H and O–H groups in total. The van der Waals surface area contributed by atoms with Crippen molar-refractivity contribution in [1.82, 2.24) is 0 Å². The van der Waals surface area contributed by atoms with Gasteiger partial charge < -0.3 is 10.1 Å². The van der Waals surface area contributed by atoms with Crippen molar-refractivity contribution in [2.24, 2.45) is 0 Å². The molecule has 1 amide bonds. The molecular formula is C20H16ClNO4S. The van der Waals surface area contributed by atoms with Gasteiger partial charge in [0.25, 0.3) is 0 Å². The number of hydrogen-bond acceptors (Lipinski definition) is 4. The number of benzene rings is 3. The molecule has 0 heterocycles. The fourth-order valence-corrected chi connectivity index (χ4v) is 3.62. The van der Waals surface area contributed by atoms with E-state index in [1.54, 1.807) is 36.4 Å². The Kier molecular flexibility index (Phi) is 5.78. The predicted molar refractivity (Wildman–Crippen MR) is 105 cm³/mol. The molecule has 0 saturated heterocycles. The second-order valence-electron chi connectivity index (χ2n) is 5.67. The van der Waals surface area contributed by atoms with Crippen LogP contribution in [0.5, 0.6) is 11.5 Å². The molecule has 3 aromatic carbocycles. The van der Waals surface area contributed by atoms with Gasteiger partial charge in [0.05, 0.1) is 10.6 Å². The van der Waals surface area contributed by atoms with Crippen LogP contribution in [-0.4, -0.2) is 20.1 Å². The molecule has 27 heavy (non-hydrogen) atoms. The molecule has 0 saturated carbocycles. The maximum absolute atomic E-state index is 12.4. The summed E-state index contributed by atoms with van der Waals surface area (Å²) in [7, 11) is -3.78. The van der Waals surface area contributed by atoms with Crippen LogP contribution >= 0.6 is 11.6 Å². The van der Waals surface area contributed by atoms with Crippen LogP contribution in [0.2, 0.25) is 5.02 Å². The molecule has 0 bridgehead atoms. The summed E-state index contributed by atoms with van der Waals surface area (Å²) in [5.41, 5.74) is 0.387. The van der Waals surface area contributed by atoms with Gasteiger partial charge in [0.2, 0.25) is 5.91 Å². The van der Waals surface area contributed by atoms with Crippen molar-refractivity contribution < 1.29 is 17.9 Å². The number of para-hydroxylation sites is 3. The number of rotatable bonds is 6. The topological polar surface area (TPSA) is 72.5 Å². The van der Waals surface area contributed by atoms with Gasteiger partial charge in [-0.15, -0.1) is 0 Å². The highest BCUT2D eigenvalue weighted by atomic mass is 35.5. The summed E-state index contributed by atoms with van der Waals surface area (Å²) < 4.78 is 30.5. The van der Waals surface area contributed by atoms with E-state index in [9.17, 15) is 13.2 Å². The quantitative estimate of drug-likeness (QED) is 0.657. The van der Waals surface area contributed by atoms with Gasteiger partial charge in [0.1, 0.15) is 11.5 Å². The Balaban J connectivity index is 1.74. The van der Waals surface area contributed by atoms with E-state index in [2.05, 4.69) is 5.32 Å². The molecular weight excluding hydrogens is 386 g/mol. The summed E-state index contributed by atoms with van der Waals surface area (Å²) in [5, 5.41) is 3.02. The molecule has 0 atom stereocenters. The summed E-state index contributed by atoms with van der Waals surface area (Å²) in [6, 6.07) is 21.6. The number of sulfone groups is 1. The van der Waals surface area contributed by atoms with Crippen LogP contribution < -0.4 is 10.1 Å². The summed E-state index contributed by atoms with van der Waals surface area (Å²) in [6.07, 6.45) is 0. The average Bonchev–Trinajstić information content (AvgIpc) is 2.64. The Bertz CT molecular complexity index is 1040. The van der Waals surface area contributed by atoms with Crippen molar-refractivity contribution in [1.29, 1.82) is 0 Å². The first-order valence-corrected chi connectivity index (χ1v) is 10.1. The summed E-state index contributed by atoms with van der Waals surface area (Å²) in [5.74, 6) is -0.322. The predicted octanol–water partition coefficient (Wildman–Crippen LogP) is 4.54. The van der Waals surface area contributed by atoms with Crippen molar-refractivity contribution in [3.8, 4) is 11.5 Å². The van der Waals surface area contributed by atoms with Gasteiger partial charge in [-0.1, -0.05) is 41.9 Å². The molecule has 138 valence electrons. The Hall–Kier alpha value is -2.83. The minimum Gasteiger partial charge on any atom is -0.455 e. The molecule has 3 aromatic rings. The highest BCUT2D eigenvalue weighted by molar-refractivity contribution is 7.92. The van der Waals surface area contributed by atoms with E-state index in [0.29, 0.717) is 22.2 Å². The normalized spacial score (nSPS) is 11.0. The Labute approximate surface area is 162 Å². The molecule has 0 fully saturated rings. The van der Waals surface area contributed by atoms with Crippen LogP contribution in [-0.2, 0) is 14.6 Å². The van der Waals surface area contributed by atoms with Crippen LogP contribution in [0.4, 0.5) is 5.69 Å². The van der Waals surface area contributed by atoms with Gasteiger partial charge in [-0.3, -0.25) is 4.79 Å². The van der Waals surface area contributed by atoms with Gasteiger partial charge in [0.15, 0.2) is 15.6 Å². The Morgan fingerprint density at radius 2 is 1.52 bits per heavy atom. The number of anilines is 1. The van der Waals surface area contributed by atoms with Gasteiger partial charge in [-0.2, -0.15) is 0 Å². The number of hydrogen-bond donors (Lipinski definition) is 1. The van der Waals surface area contributed by atoms with E-state index in [-0.39, 0.29) is 4.90 Å². The molecule has 0 aliphatic heterocycles. The highest BCUT2D eigenvalue weighted by Crippen LogP contribution is 2.29. The van der Waals surface area contributed by atoms with E-state index in [0.717, 1.165) is 0 Å². The summed E-state index contributed by atoms with van der Waals surface area (Å²) in [4.78, 5) is 12.3. The maximum atomic E-state index is 12.4. The third-order valence-corrected chi connectivity index (χ3v) is 5.51. The lowest BCUT2D eigenvalue weighted by molar-refractivity contribution is -0.113. The largest absolute Gasteiger partial charge is 0.455 e. The van der Waals surface area contributed by atoms with E-state index >= 15 is 0 Å². The van der Waals surface area contributed by atoms with Crippen LogP contribution in [0.15, 0.2) is 83.8 Å². The van der Waals surface area contributed by atoms with Crippen molar-refractivity contribution in [2.75, 3.05) is 11.1 Å². The third-order valence-electron chi connectivity index (χ3n) is 3.63. The fraction of sp³-hybridized carbons (Fsp3) is 0.0500. The van der Waals surface area contributed by atoms with Crippen molar-refractivity contribution >= 4 is 33.0 Å². The number of amides is 1. The molecule has 5 nitrogen and oxygen atoms in total. The van der Waals surface area contributed by atoms with Crippen LogP contribution in [0.3, 0.4) is 0 Å². The molecule has 0 aromatic heterocycles. The Morgan fingerprint density at radius 3 is 2.22 bits per heavy atom. The van der Waals surface area contributed by atoms with Gasteiger partial charge in [-0.25, -0.2) is 8.42 Å². The minimum absolute atomic E-state index is 0.0378. The molecule has 7 heteroatoms. The van der Waals surface area contributed by atoms with Crippen LogP contribution in [0.25, 0.3) is 0 Å². The lowest BCUT2D eigenvalue weighted by Crippen LogP contribution is -2.23. The van der Waals surface area contributed by atoms with Gasteiger partial charge >= 0.3 is 0 Å². The highest BCUT2D eigenvalue weighted by Gasteiger charge is 2.20. The first-order chi connectivity index (χ1) is 12.9. The number of carbonyl (C=O) groups is 1. The summed E-state index contributed by atoms with van der Waals surface area (Å²) in [6.45, 7) is 0. The first-order valence-electron chi connectivity index (χ1n) is 8.04. The van der Waals surface area contributed by atoms with E-state index < -0.39 is 21.5 Å². The number of halogens is 1. The summed E-state index contributed by atoms with van der Waals surface area (Å²) >= 11 is 5.77. The molecule has 0 spiro atoms. The molecule has 0 radical (unpaired) electrons. The smallest absolute Gasteiger partial charge is 0.240 e. The van der Waals surface area contributed by atoms with Gasteiger partial charge in [-0.05, 0) is 48.5 Å². The third kappa shape index (κ3) is 5.09. The van der Waals surface area contributed by atoms with Crippen LogP contribution in [0.1, 0.15) is 0 Å². The second-order valence-corrected chi connectivity index (χ2v) is 8.10. The lowest BCUT2D eigenvalue weighted by atomic mass is 10.3. The first kappa shape index (κ1) is 18.9. The monoisotopic (exact) mass is 401 g/mol. The Morgan fingerprint density at radius 1 is 0.889 bits per heavy atom. The van der Waals surface area contributed by atoms with E-state index in [4.69, 9.17) is 16.3 Å². The molecule has 0 aliphatic carbocycles. The number of ether oxygens (including phenoxy) is 1.